The van der Waals surface area contributed by atoms with Gasteiger partial charge in [0, 0.05) is 6.54 Å². The lowest BCUT2D eigenvalue weighted by molar-refractivity contribution is -0.128. The molecule has 0 spiro atoms. The van der Waals surface area contributed by atoms with Crippen molar-refractivity contribution in [3.8, 4) is 5.75 Å². The van der Waals surface area contributed by atoms with E-state index in [1.54, 1.807) is 12.1 Å². The molecule has 0 fully saturated rings. The Morgan fingerprint density at radius 3 is 2.68 bits per heavy atom. The fraction of sp³-hybridized carbons (Fsp3) is 0.533. The molecule has 106 valence electrons. The number of carbonyl (C=O) groups is 1. The summed E-state index contributed by atoms with van der Waals surface area (Å²) in [6.07, 6.45) is 3.41. The Hall–Kier alpha value is -1.22. The summed E-state index contributed by atoms with van der Waals surface area (Å²) in [6, 6.07) is 7.20. The van der Waals surface area contributed by atoms with Gasteiger partial charge in [-0.3, -0.25) is 4.79 Å². The van der Waals surface area contributed by atoms with Gasteiger partial charge in [0.15, 0.2) is 6.10 Å². The van der Waals surface area contributed by atoms with Crippen molar-refractivity contribution in [1.29, 1.82) is 0 Å². The van der Waals surface area contributed by atoms with E-state index in [0.717, 1.165) is 19.3 Å². The molecule has 3 nitrogen and oxygen atoms in total. The lowest BCUT2D eigenvalue weighted by Gasteiger charge is -2.18. The van der Waals surface area contributed by atoms with E-state index in [4.69, 9.17) is 16.3 Å². The normalized spacial score (nSPS) is 11.9. The van der Waals surface area contributed by atoms with Crippen molar-refractivity contribution < 1.29 is 9.53 Å². The molecule has 1 amide bonds. The number of carbonyl (C=O) groups excluding carboxylic acids is 1. The fourth-order valence-corrected chi connectivity index (χ4v) is 1.90. The first-order valence-electron chi connectivity index (χ1n) is 6.87. The van der Waals surface area contributed by atoms with Crippen molar-refractivity contribution in [2.24, 2.45) is 0 Å². The average Bonchev–Trinajstić information content (AvgIpc) is 2.42. The van der Waals surface area contributed by atoms with Crippen molar-refractivity contribution in [3.63, 3.8) is 0 Å². The number of benzene rings is 1. The molecule has 0 heterocycles. The van der Waals surface area contributed by atoms with Crippen LogP contribution in [-0.2, 0) is 4.79 Å². The molecule has 1 aromatic rings. The lowest BCUT2D eigenvalue weighted by atomic mass is 10.2. The molecule has 0 radical (unpaired) electrons. The van der Waals surface area contributed by atoms with Gasteiger partial charge in [-0.05, 0) is 25.0 Å². The summed E-state index contributed by atoms with van der Waals surface area (Å²) in [6.45, 7) is 4.76. The summed E-state index contributed by atoms with van der Waals surface area (Å²) < 4.78 is 5.67. The molecule has 0 bridgehead atoms. The van der Waals surface area contributed by atoms with E-state index in [-0.39, 0.29) is 5.91 Å². The van der Waals surface area contributed by atoms with Crippen LogP contribution in [0.2, 0.25) is 5.02 Å². The average molecular weight is 284 g/mol. The first-order chi connectivity index (χ1) is 9.19. The van der Waals surface area contributed by atoms with Crippen molar-refractivity contribution in [2.75, 3.05) is 6.54 Å². The molecule has 0 aliphatic heterocycles. The number of amides is 1. The number of ether oxygens (including phenoxy) is 1. The zero-order valence-corrected chi connectivity index (χ0v) is 12.4. The Kier molecular flexibility index (Phi) is 7.34. The van der Waals surface area contributed by atoms with E-state index in [1.807, 2.05) is 19.1 Å². The molecule has 0 aromatic heterocycles. The van der Waals surface area contributed by atoms with Crippen LogP contribution < -0.4 is 10.1 Å². The van der Waals surface area contributed by atoms with E-state index in [2.05, 4.69) is 12.2 Å². The van der Waals surface area contributed by atoms with Crippen LogP contribution in [0.3, 0.4) is 0 Å². The lowest BCUT2D eigenvalue weighted by Crippen LogP contribution is -2.38. The summed E-state index contributed by atoms with van der Waals surface area (Å²) in [5, 5.41) is 3.43. The highest BCUT2D eigenvalue weighted by Gasteiger charge is 2.18. The van der Waals surface area contributed by atoms with Crippen LogP contribution in [0.4, 0.5) is 0 Å². The monoisotopic (exact) mass is 283 g/mol. The molecule has 1 N–H and O–H groups in total. The van der Waals surface area contributed by atoms with E-state index in [1.165, 1.54) is 0 Å². The molecular formula is C15H22ClNO2. The van der Waals surface area contributed by atoms with Gasteiger partial charge in [-0.15, -0.1) is 0 Å². The summed E-state index contributed by atoms with van der Waals surface area (Å²) in [5.41, 5.74) is 0. The van der Waals surface area contributed by atoms with E-state index in [0.29, 0.717) is 23.7 Å². The van der Waals surface area contributed by atoms with Gasteiger partial charge in [-0.25, -0.2) is 0 Å². The second kappa shape index (κ2) is 8.81. The highest BCUT2D eigenvalue weighted by atomic mass is 35.5. The minimum absolute atomic E-state index is 0.0708. The number of nitrogens with one attached hydrogen (secondary N) is 1. The topological polar surface area (TPSA) is 38.3 Å². The third-order valence-corrected chi connectivity index (χ3v) is 3.16. The van der Waals surface area contributed by atoms with Crippen molar-refractivity contribution >= 4 is 17.5 Å². The van der Waals surface area contributed by atoms with Gasteiger partial charge in [0.1, 0.15) is 5.75 Å². The maximum atomic E-state index is 12.0. The van der Waals surface area contributed by atoms with Gasteiger partial charge in [-0.1, -0.05) is 50.4 Å². The first-order valence-corrected chi connectivity index (χ1v) is 7.25. The molecule has 0 saturated carbocycles. The highest BCUT2D eigenvalue weighted by molar-refractivity contribution is 6.32. The smallest absolute Gasteiger partial charge is 0.261 e. The summed E-state index contributed by atoms with van der Waals surface area (Å²) in [4.78, 5) is 12.0. The maximum Gasteiger partial charge on any atom is 0.261 e. The van der Waals surface area contributed by atoms with Crippen LogP contribution >= 0.6 is 11.6 Å². The Morgan fingerprint density at radius 2 is 2.05 bits per heavy atom. The predicted octanol–water partition coefficient (Wildman–Crippen LogP) is 3.80. The number of hydrogen-bond acceptors (Lipinski definition) is 2. The zero-order valence-electron chi connectivity index (χ0n) is 11.6. The molecular weight excluding hydrogens is 262 g/mol. The van der Waals surface area contributed by atoms with Crippen molar-refractivity contribution in [1.82, 2.24) is 5.32 Å². The Labute approximate surface area is 120 Å². The second-order valence-corrected chi connectivity index (χ2v) is 4.85. The van der Waals surface area contributed by atoms with E-state index < -0.39 is 6.10 Å². The SMILES string of the molecule is CCCCCNC(=O)[C@@H](CC)Oc1ccccc1Cl. The van der Waals surface area contributed by atoms with Crippen molar-refractivity contribution in [2.45, 2.75) is 45.6 Å². The zero-order chi connectivity index (χ0) is 14.1. The van der Waals surface area contributed by atoms with Crippen LogP contribution in [-0.4, -0.2) is 18.6 Å². The maximum absolute atomic E-state index is 12.0. The van der Waals surface area contributed by atoms with E-state index >= 15 is 0 Å². The molecule has 4 heteroatoms. The van der Waals surface area contributed by atoms with Gasteiger partial charge in [0.05, 0.1) is 5.02 Å². The minimum Gasteiger partial charge on any atom is -0.479 e. The third-order valence-electron chi connectivity index (χ3n) is 2.85. The Balaban J connectivity index is 2.48. The number of unbranched alkanes of at least 4 members (excludes halogenated alkanes) is 2. The molecule has 0 aliphatic carbocycles. The predicted molar refractivity (Wildman–Crippen MR) is 78.7 cm³/mol. The minimum atomic E-state index is -0.485. The number of hydrogen-bond donors (Lipinski definition) is 1. The van der Waals surface area contributed by atoms with Crippen LogP contribution in [0, 0.1) is 0 Å². The number of halogens is 1. The first kappa shape index (κ1) is 15.8. The van der Waals surface area contributed by atoms with Crippen LogP contribution in [0.15, 0.2) is 24.3 Å². The molecule has 0 saturated heterocycles. The summed E-state index contributed by atoms with van der Waals surface area (Å²) >= 11 is 6.02. The Bertz CT molecular complexity index is 395. The standard InChI is InChI=1S/C15H22ClNO2/c1-3-5-8-11-17-15(18)13(4-2)19-14-10-7-6-9-12(14)16/h6-7,9-10,13H,3-5,8,11H2,1-2H3,(H,17,18)/t13-/m1/s1. The molecule has 19 heavy (non-hydrogen) atoms. The quantitative estimate of drug-likeness (QED) is 0.737. The Morgan fingerprint density at radius 1 is 1.32 bits per heavy atom. The largest absolute Gasteiger partial charge is 0.479 e. The van der Waals surface area contributed by atoms with Gasteiger partial charge >= 0.3 is 0 Å². The number of rotatable bonds is 8. The van der Waals surface area contributed by atoms with Gasteiger partial charge in [0.2, 0.25) is 0 Å². The fourth-order valence-electron chi connectivity index (χ4n) is 1.72. The summed E-state index contributed by atoms with van der Waals surface area (Å²) in [5.74, 6) is 0.484. The van der Waals surface area contributed by atoms with Crippen molar-refractivity contribution in [3.05, 3.63) is 29.3 Å². The van der Waals surface area contributed by atoms with Gasteiger partial charge in [0.25, 0.3) is 5.91 Å². The van der Waals surface area contributed by atoms with Crippen LogP contribution in [0.25, 0.3) is 0 Å². The molecule has 1 aromatic carbocycles. The molecule has 0 unspecified atom stereocenters. The van der Waals surface area contributed by atoms with Gasteiger partial charge < -0.3 is 10.1 Å². The summed E-state index contributed by atoms with van der Waals surface area (Å²) in [7, 11) is 0. The van der Waals surface area contributed by atoms with Crippen LogP contribution in [0.5, 0.6) is 5.75 Å². The van der Waals surface area contributed by atoms with Crippen LogP contribution in [0.1, 0.15) is 39.5 Å². The molecule has 1 rings (SSSR count). The second-order valence-electron chi connectivity index (χ2n) is 4.44. The third kappa shape index (κ3) is 5.52. The van der Waals surface area contributed by atoms with Gasteiger partial charge in [-0.2, -0.15) is 0 Å². The molecule has 1 atom stereocenters. The highest BCUT2D eigenvalue weighted by Crippen LogP contribution is 2.24. The van der Waals surface area contributed by atoms with E-state index in [9.17, 15) is 4.79 Å². The number of para-hydroxylation sites is 1. The molecule has 0 aliphatic rings.